The quantitative estimate of drug-likeness (QED) is 0.378. The molecule has 0 aliphatic rings. The van der Waals surface area contributed by atoms with Crippen molar-refractivity contribution >= 4 is 29.1 Å². The van der Waals surface area contributed by atoms with Gasteiger partial charge in [0.25, 0.3) is 5.91 Å². The minimum absolute atomic E-state index is 0.0395. The van der Waals surface area contributed by atoms with Crippen molar-refractivity contribution in [1.82, 2.24) is 0 Å². The fourth-order valence-corrected chi connectivity index (χ4v) is 3.72. The third-order valence-corrected chi connectivity index (χ3v) is 5.35. The van der Waals surface area contributed by atoms with Gasteiger partial charge in [-0.25, -0.2) is 0 Å². The summed E-state index contributed by atoms with van der Waals surface area (Å²) in [5.74, 6) is 1.22. The average Bonchev–Trinajstić information content (AvgIpc) is 2.74. The van der Waals surface area contributed by atoms with E-state index in [1.54, 1.807) is 42.1 Å². The van der Waals surface area contributed by atoms with Crippen molar-refractivity contribution < 1.29 is 14.3 Å². The number of anilines is 1. The lowest BCUT2D eigenvalue weighted by Crippen LogP contribution is -2.13. The van der Waals surface area contributed by atoms with Gasteiger partial charge in [0.05, 0.1) is 6.61 Å². The number of nitrogens with one attached hydrogen (secondary N) is 1. The molecule has 0 unspecified atom stereocenters. The van der Waals surface area contributed by atoms with Crippen molar-refractivity contribution in [3.8, 4) is 5.75 Å². The molecule has 3 rings (SSSR count). The van der Waals surface area contributed by atoms with Crippen LogP contribution in [0.4, 0.5) is 5.69 Å². The normalized spacial score (nSPS) is 10.4. The van der Waals surface area contributed by atoms with Gasteiger partial charge < -0.3 is 10.1 Å². The molecule has 148 valence electrons. The Hall–Kier alpha value is -3.05. The highest BCUT2D eigenvalue weighted by molar-refractivity contribution is 7.98. The number of hydrogen-bond donors (Lipinski definition) is 1. The van der Waals surface area contributed by atoms with Crippen LogP contribution in [0, 0.1) is 0 Å². The molecule has 0 saturated heterocycles. The summed E-state index contributed by atoms with van der Waals surface area (Å²) >= 11 is 1.69. The van der Waals surface area contributed by atoms with Gasteiger partial charge in [-0.05, 0) is 56.3 Å². The van der Waals surface area contributed by atoms with Crippen LogP contribution in [0.25, 0.3) is 0 Å². The summed E-state index contributed by atoms with van der Waals surface area (Å²) in [6, 6.07) is 22.5. The Balaban J connectivity index is 1.78. The van der Waals surface area contributed by atoms with Crippen LogP contribution in [-0.2, 0) is 5.75 Å². The number of hydrogen-bond acceptors (Lipinski definition) is 4. The van der Waals surface area contributed by atoms with Crippen molar-refractivity contribution in [3.63, 3.8) is 0 Å². The molecule has 0 radical (unpaired) electrons. The van der Waals surface area contributed by atoms with E-state index in [0.29, 0.717) is 29.2 Å². The van der Waals surface area contributed by atoms with Crippen molar-refractivity contribution in [2.24, 2.45) is 0 Å². The molecule has 1 N–H and O–H groups in total. The number of ether oxygens (including phenoxy) is 1. The molecule has 29 heavy (non-hydrogen) atoms. The van der Waals surface area contributed by atoms with Crippen LogP contribution in [0.15, 0.2) is 77.7 Å². The molecule has 5 heteroatoms. The molecule has 0 atom stereocenters. The predicted molar refractivity (Wildman–Crippen MR) is 118 cm³/mol. The zero-order valence-corrected chi connectivity index (χ0v) is 17.3. The van der Waals surface area contributed by atoms with Gasteiger partial charge in [0.1, 0.15) is 5.75 Å². The number of benzene rings is 3. The highest BCUT2D eigenvalue weighted by Crippen LogP contribution is 2.29. The number of carbonyl (C=O) groups excluding carboxylic acids is 2. The van der Waals surface area contributed by atoms with Gasteiger partial charge >= 0.3 is 0 Å². The molecular formula is C24H23NO3S. The topological polar surface area (TPSA) is 55.4 Å². The largest absolute Gasteiger partial charge is 0.494 e. The van der Waals surface area contributed by atoms with E-state index in [4.69, 9.17) is 4.74 Å². The molecule has 0 heterocycles. The van der Waals surface area contributed by atoms with E-state index in [1.807, 2.05) is 37.3 Å². The first-order chi connectivity index (χ1) is 14.1. The standard InChI is InChI=1S/C24H23NO3S/c1-3-28-23-13-12-19(14-20(23)16-29-22-10-5-4-6-11-22)24(27)25-21-9-7-8-18(15-21)17(2)26/h4-15H,3,16H2,1-2H3,(H,25,27). The van der Waals surface area contributed by atoms with Crippen molar-refractivity contribution in [2.45, 2.75) is 24.5 Å². The van der Waals surface area contributed by atoms with E-state index in [2.05, 4.69) is 17.4 Å². The number of amides is 1. The van der Waals surface area contributed by atoms with E-state index in [-0.39, 0.29) is 11.7 Å². The van der Waals surface area contributed by atoms with Crippen LogP contribution in [-0.4, -0.2) is 18.3 Å². The van der Waals surface area contributed by atoms with E-state index in [9.17, 15) is 9.59 Å². The van der Waals surface area contributed by atoms with Crippen molar-refractivity contribution in [2.75, 3.05) is 11.9 Å². The molecule has 0 saturated carbocycles. The second-order valence-electron chi connectivity index (χ2n) is 6.45. The summed E-state index contributed by atoms with van der Waals surface area (Å²) in [5.41, 5.74) is 2.67. The molecule has 3 aromatic carbocycles. The SMILES string of the molecule is CCOc1ccc(C(=O)Nc2cccc(C(C)=O)c2)cc1CSc1ccccc1. The summed E-state index contributed by atoms with van der Waals surface area (Å²) in [5, 5.41) is 2.87. The van der Waals surface area contributed by atoms with Crippen LogP contribution in [0.1, 0.15) is 40.1 Å². The maximum atomic E-state index is 12.7. The van der Waals surface area contributed by atoms with Gasteiger partial charge in [-0.2, -0.15) is 0 Å². The van der Waals surface area contributed by atoms with Crippen LogP contribution in [0.2, 0.25) is 0 Å². The Morgan fingerprint density at radius 1 is 0.931 bits per heavy atom. The first-order valence-corrected chi connectivity index (χ1v) is 10.4. The number of ketones is 1. The van der Waals surface area contributed by atoms with Crippen LogP contribution >= 0.6 is 11.8 Å². The molecule has 0 bridgehead atoms. The van der Waals surface area contributed by atoms with Crippen LogP contribution < -0.4 is 10.1 Å². The monoisotopic (exact) mass is 405 g/mol. The van der Waals surface area contributed by atoms with E-state index < -0.39 is 0 Å². The Bertz CT molecular complexity index is 1000. The fraction of sp³-hybridized carbons (Fsp3) is 0.167. The summed E-state index contributed by atoms with van der Waals surface area (Å²) in [6.07, 6.45) is 0. The predicted octanol–water partition coefficient (Wildman–Crippen LogP) is 5.83. The lowest BCUT2D eigenvalue weighted by Gasteiger charge is -2.13. The third-order valence-electron chi connectivity index (χ3n) is 4.29. The Labute approximate surface area is 175 Å². The zero-order valence-electron chi connectivity index (χ0n) is 16.5. The molecule has 0 fully saturated rings. The van der Waals surface area contributed by atoms with Gasteiger partial charge in [-0.1, -0.05) is 30.3 Å². The van der Waals surface area contributed by atoms with Gasteiger partial charge in [-0.15, -0.1) is 11.8 Å². The van der Waals surface area contributed by atoms with E-state index >= 15 is 0 Å². The fourth-order valence-electron chi connectivity index (χ4n) is 2.83. The molecule has 0 spiro atoms. The second kappa shape index (κ2) is 9.94. The number of carbonyl (C=O) groups is 2. The van der Waals surface area contributed by atoms with Crippen molar-refractivity contribution in [3.05, 3.63) is 89.5 Å². The van der Waals surface area contributed by atoms with E-state index in [1.165, 1.54) is 6.92 Å². The van der Waals surface area contributed by atoms with Gasteiger partial charge in [0.15, 0.2) is 5.78 Å². The average molecular weight is 406 g/mol. The van der Waals surface area contributed by atoms with Crippen molar-refractivity contribution in [1.29, 1.82) is 0 Å². The highest BCUT2D eigenvalue weighted by atomic mass is 32.2. The molecule has 3 aromatic rings. The Kier molecular flexibility index (Phi) is 7.09. The molecule has 4 nitrogen and oxygen atoms in total. The number of thioether (sulfide) groups is 1. The lowest BCUT2D eigenvalue weighted by atomic mass is 10.1. The maximum absolute atomic E-state index is 12.7. The van der Waals surface area contributed by atoms with E-state index in [0.717, 1.165) is 16.2 Å². The molecular weight excluding hydrogens is 382 g/mol. The summed E-state index contributed by atoms with van der Waals surface area (Å²) in [7, 11) is 0. The lowest BCUT2D eigenvalue weighted by molar-refractivity contribution is 0.101. The minimum Gasteiger partial charge on any atom is -0.494 e. The first-order valence-electron chi connectivity index (χ1n) is 9.42. The molecule has 0 aromatic heterocycles. The zero-order chi connectivity index (χ0) is 20.6. The Morgan fingerprint density at radius 3 is 2.45 bits per heavy atom. The second-order valence-corrected chi connectivity index (χ2v) is 7.50. The maximum Gasteiger partial charge on any atom is 0.255 e. The summed E-state index contributed by atoms with van der Waals surface area (Å²) in [6.45, 7) is 4.01. The minimum atomic E-state index is -0.222. The molecule has 0 aliphatic carbocycles. The number of rotatable bonds is 8. The Morgan fingerprint density at radius 2 is 1.72 bits per heavy atom. The first kappa shape index (κ1) is 20.7. The van der Waals surface area contributed by atoms with Gasteiger partial charge in [0.2, 0.25) is 0 Å². The smallest absolute Gasteiger partial charge is 0.255 e. The molecule has 1 amide bonds. The van der Waals surface area contributed by atoms with Crippen LogP contribution in [0.3, 0.4) is 0 Å². The summed E-state index contributed by atoms with van der Waals surface area (Å²) < 4.78 is 5.74. The number of Topliss-reactive ketones (excluding diaryl/α,β-unsaturated/α-hetero) is 1. The molecule has 0 aliphatic heterocycles. The van der Waals surface area contributed by atoms with Crippen LogP contribution in [0.5, 0.6) is 5.75 Å². The summed E-state index contributed by atoms with van der Waals surface area (Å²) in [4.78, 5) is 25.5. The highest BCUT2D eigenvalue weighted by Gasteiger charge is 2.12. The van der Waals surface area contributed by atoms with Gasteiger partial charge in [-0.3, -0.25) is 9.59 Å². The van der Waals surface area contributed by atoms with Gasteiger partial charge in [0, 0.05) is 33.0 Å². The third kappa shape index (κ3) is 5.72.